The number of benzene rings is 2. The summed E-state index contributed by atoms with van der Waals surface area (Å²) in [4.78, 5) is 46.9. The van der Waals surface area contributed by atoms with E-state index in [1.807, 2.05) is 33.8 Å². The van der Waals surface area contributed by atoms with E-state index in [4.69, 9.17) is 9.47 Å². The van der Waals surface area contributed by atoms with Crippen molar-refractivity contribution in [2.24, 2.45) is 5.41 Å². The maximum atomic E-state index is 14.1. The van der Waals surface area contributed by atoms with Crippen LogP contribution < -0.4 is 15.2 Å². The van der Waals surface area contributed by atoms with Gasteiger partial charge in [0, 0.05) is 36.9 Å². The molecule has 11 heteroatoms. The molecule has 1 atom stereocenters. The number of anilines is 1. The first-order chi connectivity index (χ1) is 19.1. The molecule has 1 aromatic heterocycles. The molecular formula is C30H37FN4O6. The van der Waals surface area contributed by atoms with Crippen molar-refractivity contribution in [3.05, 3.63) is 52.6 Å². The third kappa shape index (κ3) is 6.61. The Hall–Kier alpha value is -4.15. The van der Waals surface area contributed by atoms with Crippen molar-refractivity contribution < 1.29 is 28.6 Å². The minimum absolute atomic E-state index is 0.0487. The fourth-order valence-corrected chi connectivity index (χ4v) is 5.13. The quantitative estimate of drug-likeness (QED) is 0.468. The molecule has 41 heavy (non-hydrogen) atoms. The van der Waals surface area contributed by atoms with E-state index in [1.165, 1.54) is 25.3 Å². The van der Waals surface area contributed by atoms with Crippen LogP contribution >= 0.6 is 0 Å². The van der Waals surface area contributed by atoms with Gasteiger partial charge in [-0.05, 0) is 69.5 Å². The van der Waals surface area contributed by atoms with Gasteiger partial charge in [0.25, 0.3) is 5.56 Å². The highest BCUT2D eigenvalue weighted by molar-refractivity contribution is 5.84. The van der Waals surface area contributed by atoms with E-state index in [9.17, 15) is 23.9 Å². The van der Waals surface area contributed by atoms with Crippen molar-refractivity contribution in [1.82, 2.24) is 14.5 Å². The molecule has 1 aliphatic heterocycles. The normalized spacial score (nSPS) is 17.3. The second kappa shape index (κ2) is 11.0. The van der Waals surface area contributed by atoms with Gasteiger partial charge in [-0.3, -0.25) is 14.2 Å². The van der Waals surface area contributed by atoms with E-state index < -0.39 is 29.5 Å². The number of hydrogen-bond acceptors (Lipinski definition) is 7. The first-order valence-corrected chi connectivity index (χ1v) is 13.4. The lowest BCUT2D eigenvalue weighted by Gasteiger charge is -2.33. The molecular weight excluding hydrogens is 531 g/mol. The summed E-state index contributed by atoms with van der Waals surface area (Å²) in [6.07, 6.45) is -0.371. The van der Waals surface area contributed by atoms with E-state index in [2.05, 4.69) is 23.7 Å². The molecule has 0 saturated carbocycles. The molecule has 1 N–H and O–H groups in total. The van der Waals surface area contributed by atoms with Crippen molar-refractivity contribution in [1.29, 1.82) is 0 Å². The summed E-state index contributed by atoms with van der Waals surface area (Å²) >= 11 is 0. The average Bonchev–Trinajstić information content (AvgIpc) is 2.99. The topological polar surface area (TPSA) is 114 Å². The SMILES string of the molecule is COc1cc(-c2nc3ccc(N4CC(C)N(C(=O)OC(C)(C)C)CC(C)(C)C4)cc3c(=O)n2CC(=O)O)ccc1F. The minimum atomic E-state index is -1.22. The Morgan fingerprint density at radius 2 is 1.85 bits per heavy atom. The van der Waals surface area contributed by atoms with Crippen LogP contribution in [0.1, 0.15) is 41.5 Å². The highest BCUT2D eigenvalue weighted by atomic mass is 19.1. The Morgan fingerprint density at radius 1 is 1.15 bits per heavy atom. The van der Waals surface area contributed by atoms with Crippen molar-refractivity contribution in [3.8, 4) is 17.1 Å². The third-order valence-electron chi connectivity index (χ3n) is 6.87. The lowest BCUT2D eigenvalue weighted by Crippen LogP contribution is -2.46. The Labute approximate surface area is 238 Å². The number of carboxylic acids is 1. The molecule has 0 spiro atoms. The largest absolute Gasteiger partial charge is 0.494 e. The number of aliphatic carboxylic acids is 1. The summed E-state index contributed by atoms with van der Waals surface area (Å²) in [6.45, 7) is 12.6. The lowest BCUT2D eigenvalue weighted by atomic mass is 9.92. The minimum Gasteiger partial charge on any atom is -0.494 e. The lowest BCUT2D eigenvalue weighted by molar-refractivity contribution is -0.137. The second-order valence-electron chi connectivity index (χ2n) is 12.3. The highest BCUT2D eigenvalue weighted by Crippen LogP contribution is 2.31. The predicted octanol–water partition coefficient (Wildman–Crippen LogP) is 4.77. The van der Waals surface area contributed by atoms with Crippen molar-refractivity contribution >= 4 is 28.7 Å². The molecule has 1 aliphatic rings. The van der Waals surface area contributed by atoms with Gasteiger partial charge in [0.05, 0.1) is 18.0 Å². The van der Waals surface area contributed by atoms with E-state index in [-0.39, 0.29) is 34.5 Å². The number of amides is 1. The fourth-order valence-electron chi connectivity index (χ4n) is 5.13. The molecule has 1 amide bonds. The molecule has 4 rings (SSSR count). The van der Waals surface area contributed by atoms with Crippen LogP contribution in [0.3, 0.4) is 0 Å². The van der Waals surface area contributed by atoms with Crippen LogP contribution in [0.2, 0.25) is 0 Å². The maximum Gasteiger partial charge on any atom is 0.410 e. The Morgan fingerprint density at radius 3 is 2.49 bits per heavy atom. The smallest absolute Gasteiger partial charge is 0.410 e. The van der Waals surface area contributed by atoms with Crippen molar-refractivity contribution in [2.75, 3.05) is 31.6 Å². The van der Waals surface area contributed by atoms with Crippen LogP contribution in [-0.4, -0.2) is 70.0 Å². The van der Waals surface area contributed by atoms with E-state index in [0.717, 1.165) is 10.3 Å². The fraction of sp³-hybridized carbons (Fsp3) is 0.467. The molecule has 3 aromatic rings. The van der Waals surface area contributed by atoms with Gasteiger partial charge in [0.15, 0.2) is 11.6 Å². The predicted molar refractivity (Wildman–Crippen MR) is 154 cm³/mol. The Bertz CT molecular complexity index is 1540. The number of hydrogen-bond donors (Lipinski definition) is 1. The number of nitrogens with zero attached hydrogens (tertiary/aromatic N) is 4. The van der Waals surface area contributed by atoms with Crippen LogP contribution in [0.5, 0.6) is 5.75 Å². The molecule has 0 aliphatic carbocycles. The summed E-state index contributed by atoms with van der Waals surface area (Å²) in [5, 5.41) is 9.82. The second-order valence-corrected chi connectivity index (χ2v) is 12.3. The van der Waals surface area contributed by atoms with Crippen molar-refractivity contribution in [2.45, 2.75) is 59.7 Å². The van der Waals surface area contributed by atoms with E-state index in [1.54, 1.807) is 17.0 Å². The summed E-state index contributed by atoms with van der Waals surface area (Å²) < 4.78 is 25.9. The van der Waals surface area contributed by atoms with Gasteiger partial charge >= 0.3 is 12.1 Å². The molecule has 1 saturated heterocycles. The first kappa shape index (κ1) is 29.8. The van der Waals surface area contributed by atoms with Crippen LogP contribution in [0, 0.1) is 11.2 Å². The molecule has 1 fully saturated rings. The standard InChI is InChI=1S/C30H37FN4O6/c1-18-14-33(16-30(5,6)17-35(18)28(39)41-29(2,3)4)20-9-11-23-21(13-20)27(38)34(15-25(36)37)26(32-23)19-8-10-22(31)24(12-19)40-7/h8-13,18H,14-17H2,1-7H3,(H,36,37). The Balaban J connectivity index is 1.77. The van der Waals surface area contributed by atoms with Crippen LogP contribution in [0.4, 0.5) is 14.9 Å². The van der Waals surface area contributed by atoms with E-state index in [0.29, 0.717) is 30.7 Å². The summed E-state index contributed by atoms with van der Waals surface area (Å²) in [5.41, 5.74) is 0.0141. The average molecular weight is 569 g/mol. The van der Waals surface area contributed by atoms with Gasteiger partial charge in [-0.2, -0.15) is 0 Å². The van der Waals surface area contributed by atoms with Gasteiger partial charge in [0.2, 0.25) is 0 Å². The van der Waals surface area contributed by atoms with Crippen LogP contribution in [-0.2, 0) is 16.1 Å². The van der Waals surface area contributed by atoms with Gasteiger partial charge in [-0.25, -0.2) is 14.2 Å². The zero-order valence-corrected chi connectivity index (χ0v) is 24.5. The monoisotopic (exact) mass is 568 g/mol. The van der Waals surface area contributed by atoms with Gasteiger partial charge in [-0.1, -0.05) is 13.8 Å². The molecule has 2 heterocycles. The summed E-state index contributed by atoms with van der Waals surface area (Å²) in [5.74, 6) is -1.76. The van der Waals surface area contributed by atoms with Gasteiger partial charge < -0.3 is 24.4 Å². The maximum absolute atomic E-state index is 14.1. The van der Waals surface area contributed by atoms with Crippen LogP contribution in [0.25, 0.3) is 22.3 Å². The van der Waals surface area contributed by atoms with Gasteiger partial charge in [-0.15, -0.1) is 0 Å². The van der Waals surface area contributed by atoms with Crippen LogP contribution in [0.15, 0.2) is 41.2 Å². The zero-order valence-electron chi connectivity index (χ0n) is 24.5. The molecule has 10 nitrogen and oxygen atoms in total. The number of carbonyl (C=O) groups excluding carboxylic acids is 1. The molecule has 0 bridgehead atoms. The molecule has 0 radical (unpaired) electrons. The molecule has 220 valence electrons. The number of aromatic nitrogens is 2. The zero-order chi connectivity index (χ0) is 30.3. The molecule has 2 aromatic carbocycles. The van der Waals surface area contributed by atoms with Crippen molar-refractivity contribution in [3.63, 3.8) is 0 Å². The highest BCUT2D eigenvalue weighted by Gasteiger charge is 2.37. The number of rotatable bonds is 5. The number of fused-ring (bicyclic) bond motifs is 1. The van der Waals surface area contributed by atoms with E-state index >= 15 is 0 Å². The first-order valence-electron chi connectivity index (χ1n) is 13.4. The summed E-state index contributed by atoms with van der Waals surface area (Å²) in [7, 11) is 1.32. The number of methoxy groups -OCH3 is 1. The number of ether oxygens (including phenoxy) is 2. The third-order valence-corrected chi connectivity index (χ3v) is 6.87. The molecule has 1 unspecified atom stereocenters. The van der Waals surface area contributed by atoms with Gasteiger partial charge in [0.1, 0.15) is 18.0 Å². The number of carbonyl (C=O) groups is 2. The number of carboxylic acid groups (broad SMARTS) is 1. The number of halogens is 1. The Kier molecular flexibility index (Phi) is 8.02. The summed E-state index contributed by atoms with van der Waals surface area (Å²) in [6, 6.07) is 9.10.